The Morgan fingerprint density at radius 2 is 0.800 bits per heavy atom. The lowest BCUT2D eigenvalue weighted by molar-refractivity contribution is 1.28. The molecule has 0 aliphatic heterocycles. The van der Waals surface area contributed by atoms with E-state index in [4.69, 9.17) is 0 Å². The van der Waals surface area contributed by atoms with Crippen LogP contribution in [0.1, 0.15) is 0 Å². The van der Waals surface area contributed by atoms with Crippen LogP contribution in [0.15, 0.2) is 200 Å². The van der Waals surface area contributed by atoms with E-state index in [-0.39, 0.29) is 0 Å². The lowest BCUT2D eigenvalue weighted by atomic mass is 9.99. The summed E-state index contributed by atoms with van der Waals surface area (Å²) in [6.07, 6.45) is 0. The third kappa shape index (κ3) is 5.60. The van der Waals surface area contributed by atoms with Crippen molar-refractivity contribution in [3.8, 4) is 33.4 Å². The van der Waals surface area contributed by atoms with Crippen molar-refractivity contribution in [3.63, 3.8) is 0 Å². The average Bonchev–Trinajstić information content (AvgIpc) is 3.82. The summed E-state index contributed by atoms with van der Waals surface area (Å²) < 4.78 is 5.29. The predicted molar refractivity (Wildman–Crippen MR) is 241 cm³/mol. The summed E-state index contributed by atoms with van der Waals surface area (Å²) in [7, 11) is 0. The Labute approximate surface area is 327 Å². The van der Waals surface area contributed by atoms with Gasteiger partial charge in [0.15, 0.2) is 0 Å². The zero-order chi connectivity index (χ0) is 36.3. The molecule has 0 amide bonds. The van der Waals surface area contributed by atoms with Crippen LogP contribution in [0.4, 0.5) is 17.1 Å². The van der Waals surface area contributed by atoms with E-state index in [1.54, 1.807) is 0 Å². The van der Waals surface area contributed by atoms with E-state index in [0.29, 0.717) is 0 Å². The molecule has 0 fully saturated rings. The van der Waals surface area contributed by atoms with Gasteiger partial charge in [-0.05, 0) is 111 Å². The van der Waals surface area contributed by atoms with Gasteiger partial charge in [-0.3, -0.25) is 0 Å². The first-order valence-corrected chi connectivity index (χ1v) is 20.3. The van der Waals surface area contributed by atoms with Gasteiger partial charge in [0.05, 0.1) is 0 Å². The number of anilines is 3. The summed E-state index contributed by atoms with van der Waals surface area (Å²) >= 11 is 3.74. The molecule has 0 N–H and O–H groups in total. The fourth-order valence-electron chi connectivity index (χ4n) is 8.16. The number of hydrogen-bond donors (Lipinski definition) is 0. The maximum absolute atomic E-state index is 2.42. The van der Waals surface area contributed by atoms with Crippen molar-refractivity contribution >= 4 is 90.9 Å². The Balaban J connectivity index is 1.07. The largest absolute Gasteiger partial charge is 0.310 e. The maximum Gasteiger partial charge on any atom is 0.0467 e. The molecular formula is C52H33NS2. The molecule has 0 saturated carbocycles. The van der Waals surface area contributed by atoms with Crippen LogP contribution < -0.4 is 4.90 Å². The zero-order valence-electron chi connectivity index (χ0n) is 29.8. The Kier molecular flexibility index (Phi) is 7.61. The van der Waals surface area contributed by atoms with Gasteiger partial charge in [-0.1, -0.05) is 133 Å². The number of fused-ring (bicyclic) bond motifs is 7. The molecule has 0 radical (unpaired) electrons. The molecule has 0 aliphatic rings. The first kappa shape index (κ1) is 32.0. The Morgan fingerprint density at radius 1 is 0.291 bits per heavy atom. The molecule has 1 nitrogen and oxygen atoms in total. The Hall–Kier alpha value is -6.52. The molecule has 258 valence electrons. The molecule has 3 heteroatoms. The van der Waals surface area contributed by atoms with E-state index in [2.05, 4.69) is 205 Å². The second-order valence-electron chi connectivity index (χ2n) is 14.1. The topological polar surface area (TPSA) is 3.24 Å². The van der Waals surface area contributed by atoms with Crippen LogP contribution in [0.3, 0.4) is 0 Å². The monoisotopic (exact) mass is 735 g/mol. The number of rotatable bonds is 6. The van der Waals surface area contributed by atoms with Gasteiger partial charge in [0.2, 0.25) is 0 Å². The molecule has 55 heavy (non-hydrogen) atoms. The quantitative estimate of drug-likeness (QED) is 0.164. The molecule has 0 aliphatic carbocycles. The smallest absolute Gasteiger partial charge is 0.0467 e. The van der Waals surface area contributed by atoms with Crippen molar-refractivity contribution in [1.29, 1.82) is 0 Å². The number of nitrogens with zero attached hydrogens (tertiary/aromatic N) is 1. The highest BCUT2D eigenvalue weighted by Gasteiger charge is 2.17. The van der Waals surface area contributed by atoms with Crippen LogP contribution in [-0.4, -0.2) is 0 Å². The molecule has 0 unspecified atom stereocenters. The van der Waals surface area contributed by atoms with E-state index >= 15 is 0 Å². The minimum atomic E-state index is 1.11. The lowest BCUT2D eigenvalue weighted by Crippen LogP contribution is -2.10. The van der Waals surface area contributed by atoms with Gasteiger partial charge in [-0.25, -0.2) is 0 Å². The van der Waals surface area contributed by atoms with Gasteiger partial charge < -0.3 is 4.90 Å². The summed E-state index contributed by atoms with van der Waals surface area (Å²) in [5.74, 6) is 0. The van der Waals surface area contributed by atoms with Gasteiger partial charge in [0.1, 0.15) is 0 Å². The summed E-state index contributed by atoms with van der Waals surface area (Å²) in [4.78, 5) is 2.42. The van der Waals surface area contributed by atoms with Crippen molar-refractivity contribution in [3.05, 3.63) is 200 Å². The van der Waals surface area contributed by atoms with E-state index in [1.807, 2.05) is 22.7 Å². The normalized spacial score (nSPS) is 11.6. The molecule has 0 saturated heterocycles. The summed E-state index contributed by atoms with van der Waals surface area (Å²) in [5, 5.41) is 7.75. The van der Waals surface area contributed by atoms with Crippen LogP contribution in [0.2, 0.25) is 0 Å². The van der Waals surface area contributed by atoms with Crippen LogP contribution in [0.25, 0.3) is 84.5 Å². The van der Waals surface area contributed by atoms with Crippen LogP contribution in [-0.2, 0) is 0 Å². The van der Waals surface area contributed by atoms with Gasteiger partial charge in [-0.15, -0.1) is 22.7 Å². The van der Waals surface area contributed by atoms with Crippen molar-refractivity contribution in [2.75, 3.05) is 4.90 Å². The fourth-order valence-corrected chi connectivity index (χ4v) is 10.5. The molecular weight excluding hydrogens is 703 g/mol. The lowest BCUT2D eigenvalue weighted by Gasteiger charge is -2.27. The minimum absolute atomic E-state index is 1.11. The molecule has 0 spiro atoms. The standard InChI is InChI=1S/C52H33NS2/c1-2-12-35-29-38(26-25-34(35)11-1)36-13-7-16-41(30-36)53(42-17-8-14-37(31-42)39-27-28-51-48(33-39)46-20-4-5-23-49(46)54-51)43-18-9-15-40(32-43)44-21-10-22-47-45-19-3-6-24-50(45)55-52(44)47/h1-33H. The van der Waals surface area contributed by atoms with Crippen molar-refractivity contribution in [1.82, 2.24) is 0 Å². The molecule has 2 aromatic heterocycles. The SMILES string of the molecule is c1cc(-c2ccc3ccccc3c2)cc(N(c2cccc(-c3ccc4sc5ccccc5c4c3)c2)c2cccc(-c3cccc4c3sc3ccccc34)c2)c1. The highest BCUT2D eigenvalue weighted by molar-refractivity contribution is 7.26. The Morgan fingerprint density at radius 3 is 1.55 bits per heavy atom. The number of thiophene rings is 2. The second-order valence-corrected chi connectivity index (χ2v) is 16.3. The highest BCUT2D eigenvalue weighted by atomic mass is 32.1. The maximum atomic E-state index is 2.42. The van der Waals surface area contributed by atoms with Crippen LogP contribution in [0, 0.1) is 0 Å². The summed E-state index contributed by atoms with van der Waals surface area (Å²) in [6.45, 7) is 0. The molecule has 11 rings (SSSR count). The van der Waals surface area contributed by atoms with Gasteiger partial charge in [0.25, 0.3) is 0 Å². The van der Waals surface area contributed by atoms with E-state index < -0.39 is 0 Å². The third-order valence-corrected chi connectivity index (χ3v) is 13.2. The molecule has 11 aromatic rings. The number of hydrogen-bond acceptors (Lipinski definition) is 3. The van der Waals surface area contributed by atoms with Gasteiger partial charge in [-0.2, -0.15) is 0 Å². The molecule has 9 aromatic carbocycles. The van der Waals surface area contributed by atoms with Gasteiger partial charge >= 0.3 is 0 Å². The van der Waals surface area contributed by atoms with E-state index in [9.17, 15) is 0 Å². The first-order valence-electron chi connectivity index (χ1n) is 18.7. The summed E-state index contributed by atoms with van der Waals surface area (Å²) in [6, 6.07) is 73.5. The molecule has 0 atom stereocenters. The summed E-state index contributed by atoms with van der Waals surface area (Å²) in [5.41, 5.74) is 10.6. The molecule has 0 bridgehead atoms. The van der Waals surface area contributed by atoms with Crippen molar-refractivity contribution < 1.29 is 0 Å². The first-order chi connectivity index (χ1) is 27.2. The third-order valence-electron chi connectivity index (χ3n) is 10.8. The van der Waals surface area contributed by atoms with E-state index in [0.717, 1.165) is 17.1 Å². The predicted octanol–water partition coefficient (Wildman–Crippen LogP) is 16.0. The van der Waals surface area contributed by atoms with Crippen LogP contribution in [0.5, 0.6) is 0 Å². The fraction of sp³-hybridized carbons (Fsp3) is 0. The minimum Gasteiger partial charge on any atom is -0.310 e. The van der Waals surface area contributed by atoms with Crippen molar-refractivity contribution in [2.45, 2.75) is 0 Å². The highest BCUT2D eigenvalue weighted by Crippen LogP contribution is 2.44. The van der Waals surface area contributed by atoms with Crippen LogP contribution >= 0.6 is 22.7 Å². The average molecular weight is 736 g/mol. The van der Waals surface area contributed by atoms with Crippen molar-refractivity contribution in [2.24, 2.45) is 0 Å². The molecule has 2 heterocycles. The Bertz CT molecular complexity index is 3240. The zero-order valence-corrected chi connectivity index (χ0v) is 31.4. The second kappa shape index (κ2) is 13.1. The van der Waals surface area contributed by atoms with Gasteiger partial charge in [0, 0.05) is 57.4 Å². The number of benzene rings is 9. The van der Waals surface area contributed by atoms with E-state index in [1.165, 1.54) is 84.5 Å².